The summed E-state index contributed by atoms with van der Waals surface area (Å²) in [5.41, 5.74) is 1.58. The second-order valence-corrected chi connectivity index (χ2v) is 5.07. The first-order chi connectivity index (χ1) is 10.2. The Morgan fingerprint density at radius 2 is 2.19 bits per heavy atom. The van der Waals surface area contributed by atoms with Crippen LogP contribution in [0.4, 0.5) is 0 Å². The van der Waals surface area contributed by atoms with Gasteiger partial charge in [-0.1, -0.05) is 23.7 Å². The first kappa shape index (κ1) is 15.8. The molecule has 5 nitrogen and oxygen atoms in total. The summed E-state index contributed by atoms with van der Waals surface area (Å²) in [6.45, 7) is 1.06. The van der Waals surface area contributed by atoms with Gasteiger partial charge < -0.3 is 14.6 Å². The van der Waals surface area contributed by atoms with Gasteiger partial charge in [-0.25, -0.2) is 0 Å². The highest BCUT2D eigenvalue weighted by atomic mass is 35.5. The van der Waals surface area contributed by atoms with Crippen LogP contribution in [-0.4, -0.2) is 35.7 Å². The van der Waals surface area contributed by atoms with Gasteiger partial charge in [0, 0.05) is 13.5 Å². The lowest BCUT2D eigenvalue weighted by molar-refractivity contribution is 0.153. The van der Waals surface area contributed by atoms with E-state index >= 15 is 0 Å². The molecule has 0 aliphatic heterocycles. The molecule has 0 aliphatic carbocycles. The Morgan fingerprint density at radius 1 is 1.38 bits per heavy atom. The topological polar surface area (TPSA) is 56.5 Å². The van der Waals surface area contributed by atoms with Crippen molar-refractivity contribution >= 4 is 11.6 Å². The zero-order valence-corrected chi connectivity index (χ0v) is 12.9. The van der Waals surface area contributed by atoms with Crippen LogP contribution in [0, 0.1) is 0 Å². The Hall–Kier alpha value is -1.56. The van der Waals surface area contributed by atoms with Gasteiger partial charge in [-0.2, -0.15) is 5.10 Å². The Balaban J connectivity index is 2.15. The average molecular weight is 311 g/mol. The Morgan fingerprint density at radius 3 is 2.90 bits per heavy atom. The normalized spacial score (nSPS) is 12.4. The van der Waals surface area contributed by atoms with Crippen molar-refractivity contribution in [1.82, 2.24) is 9.78 Å². The van der Waals surface area contributed by atoms with Crippen LogP contribution < -0.4 is 4.74 Å². The fourth-order valence-electron chi connectivity index (χ4n) is 2.18. The number of hydrogen-bond donors (Lipinski definition) is 1. The van der Waals surface area contributed by atoms with E-state index in [-0.39, 0.29) is 0 Å². The SMILES string of the molecule is COCCn1ncc(Cl)c1C(O)Cc1cccc(OC)c1. The minimum Gasteiger partial charge on any atom is -0.497 e. The summed E-state index contributed by atoms with van der Waals surface area (Å²) < 4.78 is 11.9. The number of aliphatic hydroxyl groups excluding tert-OH is 1. The van der Waals surface area contributed by atoms with E-state index in [0.717, 1.165) is 11.3 Å². The quantitative estimate of drug-likeness (QED) is 0.853. The van der Waals surface area contributed by atoms with Gasteiger partial charge >= 0.3 is 0 Å². The maximum atomic E-state index is 10.5. The monoisotopic (exact) mass is 310 g/mol. The smallest absolute Gasteiger partial charge is 0.119 e. The van der Waals surface area contributed by atoms with Gasteiger partial charge in [0.2, 0.25) is 0 Å². The first-order valence-corrected chi connectivity index (χ1v) is 7.04. The van der Waals surface area contributed by atoms with Crippen LogP contribution in [0.15, 0.2) is 30.5 Å². The third-order valence-electron chi connectivity index (χ3n) is 3.22. The van der Waals surface area contributed by atoms with Crippen LogP contribution in [0.5, 0.6) is 5.75 Å². The summed E-state index contributed by atoms with van der Waals surface area (Å²) in [5.74, 6) is 0.763. The predicted molar refractivity (Wildman–Crippen MR) is 80.8 cm³/mol. The number of methoxy groups -OCH3 is 2. The molecule has 0 aliphatic rings. The van der Waals surface area contributed by atoms with Gasteiger partial charge in [0.15, 0.2) is 0 Å². The van der Waals surface area contributed by atoms with Crippen LogP contribution >= 0.6 is 11.6 Å². The number of nitrogens with zero attached hydrogens (tertiary/aromatic N) is 2. The molecule has 114 valence electrons. The number of ether oxygens (including phenoxy) is 2. The van der Waals surface area contributed by atoms with Crippen molar-refractivity contribution in [3.8, 4) is 5.75 Å². The maximum absolute atomic E-state index is 10.5. The number of hydrogen-bond acceptors (Lipinski definition) is 4. The summed E-state index contributed by atoms with van der Waals surface area (Å²) in [5, 5.41) is 15.1. The highest BCUT2D eigenvalue weighted by Crippen LogP contribution is 2.26. The molecule has 1 aromatic carbocycles. The van der Waals surface area contributed by atoms with Crippen molar-refractivity contribution in [1.29, 1.82) is 0 Å². The molecule has 1 heterocycles. The van der Waals surface area contributed by atoms with Crippen molar-refractivity contribution in [3.63, 3.8) is 0 Å². The van der Waals surface area contributed by atoms with Crippen molar-refractivity contribution in [2.45, 2.75) is 19.1 Å². The number of aliphatic hydroxyl groups is 1. The highest BCUT2D eigenvalue weighted by Gasteiger charge is 2.18. The molecule has 0 fully saturated rings. The summed E-state index contributed by atoms with van der Waals surface area (Å²) in [7, 11) is 3.24. The third-order valence-corrected chi connectivity index (χ3v) is 3.51. The van der Waals surface area contributed by atoms with Crippen molar-refractivity contribution in [2.75, 3.05) is 20.8 Å². The molecule has 6 heteroatoms. The fourth-order valence-corrected chi connectivity index (χ4v) is 2.45. The van der Waals surface area contributed by atoms with Crippen LogP contribution in [0.25, 0.3) is 0 Å². The van der Waals surface area contributed by atoms with E-state index in [0.29, 0.717) is 30.3 Å². The molecule has 1 aromatic heterocycles. The summed E-state index contributed by atoms with van der Waals surface area (Å²) in [6, 6.07) is 7.60. The zero-order valence-electron chi connectivity index (χ0n) is 12.1. The number of rotatable bonds is 7. The maximum Gasteiger partial charge on any atom is 0.119 e. The lowest BCUT2D eigenvalue weighted by atomic mass is 10.1. The molecular weight excluding hydrogens is 292 g/mol. The zero-order chi connectivity index (χ0) is 15.2. The summed E-state index contributed by atoms with van der Waals surface area (Å²) in [6.07, 6.45) is 1.25. The highest BCUT2D eigenvalue weighted by molar-refractivity contribution is 6.31. The number of benzene rings is 1. The van der Waals surface area contributed by atoms with E-state index in [1.54, 1.807) is 25.1 Å². The second kappa shape index (κ2) is 7.45. The van der Waals surface area contributed by atoms with Gasteiger partial charge in [0.1, 0.15) is 11.9 Å². The largest absolute Gasteiger partial charge is 0.497 e. The van der Waals surface area contributed by atoms with Crippen LogP contribution in [-0.2, 0) is 17.7 Å². The molecule has 1 unspecified atom stereocenters. The Labute approximate surface area is 129 Å². The number of aromatic nitrogens is 2. The molecule has 1 atom stereocenters. The molecule has 0 bridgehead atoms. The predicted octanol–water partition coefficient (Wildman–Crippen LogP) is 2.47. The van der Waals surface area contributed by atoms with E-state index in [2.05, 4.69) is 5.10 Å². The Kier molecular flexibility index (Phi) is 5.61. The lowest BCUT2D eigenvalue weighted by Gasteiger charge is -2.14. The standard InChI is InChI=1S/C15H19ClN2O3/c1-20-7-6-18-15(13(16)10-17-18)14(19)9-11-4-3-5-12(8-11)21-2/h3-5,8,10,14,19H,6-7,9H2,1-2H3. The van der Waals surface area contributed by atoms with Gasteiger partial charge in [-0.3, -0.25) is 4.68 Å². The van der Waals surface area contributed by atoms with E-state index in [9.17, 15) is 5.11 Å². The van der Waals surface area contributed by atoms with Crippen molar-refractivity contribution < 1.29 is 14.6 Å². The molecule has 0 radical (unpaired) electrons. The molecule has 2 rings (SSSR count). The van der Waals surface area contributed by atoms with E-state index in [4.69, 9.17) is 21.1 Å². The van der Waals surface area contributed by atoms with E-state index in [1.807, 2.05) is 24.3 Å². The third kappa shape index (κ3) is 3.97. The molecule has 1 N–H and O–H groups in total. The average Bonchev–Trinajstić information content (AvgIpc) is 2.86. The summed E-state index contributed by atoms with van der Waals surface area (Å²) >= 11 is 6.13. The second-order valence-electron chi connectivity index (χ2n) is 4.67. The van der Waals surface area contributed by atoms with Gasteiger partial charge in [-0.15, -0.1) is 0 Å². The summed E-state index contributed by atoms with van der Waals surface area (Å²) in [4.78, 5) is 0. The minimum absolute atomic E-state index is 0.440. The molecular formula is C15H19ClN2O3. The van der Waals surface area contributed by atoms with Gasteiger partial charge in [0.25, 0.3) is 0 Å². The van der Waals surface area contributed by atoms with Crippen molar-refractivity contribution in [2.24, 2.45) is 0 Å². The van der Waals surface area contributed by atoms with Crippen LogP contribution in [0.1, 0.15) is 17.4 Å². The minimum atomic E-state index is -0.732. The Bertz CT molecular complexity index is 586. The van der Waals surface area contributed by atoms with E-state index in [1.165, 1.54) is 0 Å². The van der Waals surface area contributed by atoms with Gasteiger partial charge in [0.05, 0.1) is 37.2 Å². The van der Waals surface area contributed by atoms with Gasteiger partial charge in [-0.05, 0) is 17.7 Å². The van der Waals surface area contributed by atoms with Crippen molar-refractivity contribution in [3.05, 3.63) is 46.7 Å². The first-order valence-electron chi connectivity index (χ1n) is 6.67. The number of halogens is 1. The van der Waals surface area contributed by atoms with Crippen LogP contribution in [0.2, 0.25) is 5.02 Å². The molecule has 2 aromatic rings. The lowest BCUT2D eigenvalue weighted by Crippen LogP contribution is -2.14. The van der Waals surface area contributed by atoms with E-state index < -0.39 is 6.10 Å². The molecule has 0 spiro atoms. The van der Waals surface area contributed by atoms with Crippen LogP contribution in [0.3, 0.4) is 0 Å². The fraction of sp³-hybridized carbons (Fsp3) is 0.400. The molecule has 0 saturated heterocycles. The molecule has 0 saturated carbocycles. The molecule has 21 heavy (non-hydrogen) atoms. The molecule has 0 amide bonds.